The van der Waals surface area contributed by atoms with Crippen LogP contribution in [-0.2, 0) is 0 Å². The molecular weight excluding hydrogens is 262 g/mol. The molecule has 0 saturated heterocycles. The van der Waals surface area contributed by atoms with E-state index in [1.165, 1.54) is 23.3 Å². The summed E-state index contributed by atoms with van der Waals surface area (Å²) in [7, 11) is 0. The molecular formula is C10H14ClN3S2. The summed E-state index contributed by atoms with van der Waals surface area (Å²) in [6.45, 7) is 6.48. The van der Waals surface area contributed by atoms with Gasteiger partial charge >= 0.3 is 0 Å². The van der Waals surface area contributed by atoms with Gasteiger partial charge in [-0.05, 0) is 12.0 Å². The molecule has 88 valence electrons. The van der Waals surface area contributed by atoms with Crippen LogP contribution < -0.4 is 10.9 Å². The van der Waals surface area contributed by atoms with Crippen LogP contribution in [0.15, 0.2) is 14.7 Å². The first-order valence-corrected chi connectivity index (χ1v) is 7.06. The minimum Gasteiger partial charge on any atom is -0.263 e. The molecule has 0 saturated carbocycles. The van der Waals surface area contributed by atoms with E-state index < -0.39 is 0 Å². The molecule has 1 aromatic heterocycles. The second-order valence-electron chi connectivity index (χ2n) is 4.17. The van der Waals surface area contributed by atoms with Crippen LogP contribution in [0.25, 0.3) is 0 Å². The van der Waals surface area contributed by atoms with Gasteiger partial charge in [0.1, 0.15) is 10.0 Å². The van der Waals surface area contributed by atoms with Crippen LogP contribution in [0.4, 0.5) is 5.69 Å². The van der Waals surface area contributed by atoms with Crippen LogP contribution in [0.3, 0.4) is 0 Å². The van der Waals surface area contributed by atoms with Gasteiger partial charge in [0.25, 0.3) is 0 Å². The van der Waals surface area contributed by atoms with Crippen molar-refractivity contribution in [2.75, 3.05) is 5.01 Å². The number of hydrogen-bond acceptors (Lipinski definition) is 5. The SMILES string of the molecule is CC(C)C(C)C1=NSc2sc(Cl)cc2N1N. The fourth-order valence-corrected chi connectivity index (χ4v) is 3.72. The van der Waals surface area contributed by atoms with Crippen molar-refractivity contribution in [1.29, 1.82) is 0 Å². The van der Waals surface area contributed by atoms with E-state index in [2.05, 4.69) is 25.2 Å². The van der Waals surface area contributed by atoms with E-state index >= 15 is 0 Å². The van der Waals surface area contributed by atoms with Crippen molar-refractivity contribution in [3.8, 4) is 0 Å². The summed E-state index contributed by atoms with van der Waals surface area (Å²) in [5.41, 5.74) is 0.970. The molecule has 16 heavy (non-hydrogen) atoms. The van der Waals surface area contributed by atoms with Gasteiger partial charge in [-0.1, -0.05) is 32.4 Å². The Bertz CT molecular complexity index is 428. The standard InChI is InChI=1S/C10H14ClN3S2/c1-5(2)6(3)9-13-16-10-7(14(9)12)4-8(11)15-10/h4-6H,12H2,1-3H3. The van der Waals surface area contributed by atoms with E-state index in [4.69, 9.17) is 17.4 Å². The molecule has 3 nitrogen and oxygen atoms in total. The highest BCUT2D eigenvalue weighted by Crippen LogP contribution is 2.44. The molecule has 0 fully saturated rings. The Balaban J connectivity index is 2.30. The third kappa shape index (κ3) is 2.09. The average Bonchev–Trinajstić information content (AvgIpc) is 2.59. The van der Waals surface area contributed by atoms with Gasteiger partial charge in [0.15, 0.2) is 0 Å². The van der Waals surface area contributed by atoms with E-state index in [0.29, 0.717) is 11.8 Å². The van der Waals surface area contributed by atoms with Crippen LogP contribution in [0.5, 0.6) is 0 Å². The number of halogens is 1. The maximum Gasteiger partial charge on any atom is 0.135 e. The predicted octanol–water partition coefficient (Wildman–Crippen LogP) is 3.79. The summed E-state index contributed by atoms with van der Waals surface area (Å²) in [5.74, 6) is 7.85. The van der Waals surface area contributed by atoms with Gasteiger partial charge in [0, 0.05) is 17.9 Å². The average molecular weight is 276 g/mol. The Hall–Kier alpha value is -0.230. The molecule has 6 heteroatoms. The summed E-state index contributed by atoms with van der Waals surface area (Å²) >= 11 is 8.96. The Kier molecular flexibility index (Phi) is 3.49. The number of hydrazine groups is 1. The Labute approximate surface area is 109 Å². The molecule has 0 spiro atoms. The largest absolute Gasteiger partial charge is 0.263 e. The van der Waals surface area contributed by atoms with E-state index in [0.717, 1.165) is 20.1 Å². The smallest absolute Gasteiger partial charge is 0.135 e. The molecule has 0 bridgehead atoms. The molecule has 1 aliphatic heterocycles. The van der Waals surface area contributed by atoms with Gasteiger partial charge in [0.2, 0.25) is 0 Å². The van der Waals surface area contributed by atoms with Crippen molar-refractivity contribution in [2.24, 2.45) is 22.1 Å². The summed E-state index contributed by atoms with van der Waals surface area (Å²) < 4.78 is 6.29. The minimum atomic E-state index is 0.337. The first kappa shape index (κ1) is 12.2. The zero-order chi connectivity index (χ0) is 11.9. The van der Waals surface area contributed by atoms with E-state index in [-0.39, 0.29) is 0 Å². The van der Waals surface area contributed by atoms with Gasteiger partial charge in [-0.3, -0.25) is 5.01 Å². The fourth-order valence-electron chi connectivity index (χ4n) is 1.43. The van der Waals surface area contributed by atoms with Gasteiger partial charge < -0.3 is 0 Å². The molecule has 0 aromatic carbocycles. The van der Waals surface area contributed by atoms with E-state index in [9.17, 15) is 0 Å². The Morgan fingerprint density at radius 3 is 2.75 bits per heavy atom. The highest BCUT2D eigenvalue weighted by atomic mass is 35.5. The molecule has 2 rings (SSSR count). The maximum atomic E-state index is 6.08. The minimum absolute atomic E-state index is 0.337. The first-order valence-electron chi connectivity index (χ1n) is 5.09. The molecule has 2 N–H and O–H groups in total. The third-order valence-electron chi connectivity index (χ3n) is 2.79. The third-order valence-corrected chi connectivity index (χ3v) is 4.96. The van der Waals surface area contributed by atoms with E-state index in [1.807, 2.05) is 6.07 Å². The second kappa shape index (κ2) is 4.56. The van der Waals surface area contributed by atoms with Gasteiger partial charge in [0.05, 0.1) is 10.0 Å². The number of thiophene rings is 1. The van der Waals surface area contributed by atoms with Crippen molar-refractivity contribution in [2.45, 2.75) is 25.0 Å². The van der Waals surface area contributed by atoms with Crippen LogP contribution in [-0.4, -0.2) is 5.84 Å². The normalized spacial score (nSPS) is 17.4. The zero-order valence-electron chi connectivity index (χ0n) is 9.40. The maximum absolute atomic E-state index is 6.08. The molecule has 1 atom stereocenters. The molecule has 1 unspecified atom stereocenters. The Morgan fingerprint density at radius 2 is 2.12 bits per heavy atom. The lowest BCUT2D eigenvalue weighted by atomic mass is 9.96. The number of rotatable bonds is 2. The number of anilines is 1. The lowest BCUT2D eigenvalue weighted by Crippen LogP contribution is -2.43. The summed E-state index contributed by atoms with van der Waals surface area (Å²) in [5, 5.41) is 1.67. The van der Waals surface area contributed by atoms with Crippen LogP contribution in [0, 0.1) is 11.8 Å². The molecule has 1 aliphatic rings. The molecule has 0 aliphatic carbocycles. The van der Waals surface area contributed by atoms with E-state index in [1.54, 1.807) is 5.01 Å². The summed E-state index contributed by atoms with van der Waals surface area (Å²) in [4.78, 5) is 0. The zero-order valence-corrected chi connectivity index (χ0v) is 11.8. The predicted molar refractivity (Wildman–Crippen MR) is 73.3 cm³/mol. The summed E-state index contributed by atoms with van der Waals surface area (Å²) in [6.07, 6.45) is 0. The van der Waals surface area contributed by atoms with Crippen molar-refractivity contribution in [3.05, 3.63) is 10.4 Å². The van der Waals surface area contributed by atoms with Crippen LogP contribution in [0.1, 0.15) is 20.8 Å². The topological polar surface area (TPSA) is 41.6 Å². The van der Waals surface area contributed by atoms with Gasteiger partial charge in [-0.25, -0.2) is 5.84 Å². The van der Waals surface area contributed by atoms with Gasteiger partial charge in [-0.15, -0.1) is 11.3 Å². The lowest BCUT2D eigenvalue weighted by Gasteiger charge is -2.29. The molecule has 1 aromatic rings. The number of nitrogens with zero attached hydrogens (tertiary/aromatic N) is 2. The first-order chi connectivity index (χ1) is 7.50. The number of hydrogen-bond donors (Lipinski definition) is 1. The van der Waals surface area contributed by atoms with Crippen molar-refractivity contribution in [1.82, 2.24) is 0 Å². The molecule has 0 amide bonds. The highest BCUT2D eigenvalue weighted by molar-refractivity contribution is 8.00. The number of fused-ring (bicyclic) bond motifs is 1. The van der Waals surface area contributed by atoms with Crippen LogP contribution in [0.2, 0.25) is 4.34 Å². The molecule has 0 radical (unpaired) electrons. The van der Waals surface area contributed by atoms with Crippen molar-refractivity contribution in [3.63, 3.8) is 0 Å². The monoisotopic (exact) mass is 275 g/mol. The molecule has 2 heterocycles. The highest BCUT2D eigenvalue weighted by Gasteiger charge is 2.27. The quantitative estimate of drug-likeness (QED) is 0.659. The van der Waals surface area contributed by atoms with Crippen molar-refractivity contribution < 1.29 is 0 Å². The fraction of sp³-hybridized carbons (Fsp3) is 0.500. The van der Waals surface area contributed by atoms with Crippen molar-refractivity contribution >= 4 is 46.4 Å². The Morgan fingerprint density at radius 1 is 1.44 bits per heavy atom. The second-order valence-corrected chi connectivity index (χ2v) is 6.88. The van der Waals surface area contributed by atoms with Crippen LogP contribution >= 0.6 is 34.9 Å². The number of amidine groups is 1. The van der Waals surface area contributed by atoms with Gasteiger partial charge in [-0.2, -0.15) is 4.40 Å². The number of nitrogens with two attached hydrogens (primary N) is 1. The lowest BCUT2D eigenvalue weighted by molar-refractivity contribution is 0.526. The summed E-state index contributed by atoms with van der Waals surface area (Å²) in [6, 6.07) is 1.90.